The second kappa shape index (κ2) is 9.93. The van der Waals surface area contributed by atoms with Crippen LogP contribution in [0.25, 0.3) is 0 Å². The van der Waals surface area contributed by atoms with E-state index in [9.17, 15) is 19.7 Å². The predicted molar refractivity (Wildman–Crippen MR) is 118 cm³/mol. The van der Waals surface area contributed by atoms with Crippen LogP contribution >= 0.6 is 12.2 Å². The van der Waals surface area contributed by atoms with E-state index in [0.717, 1.165) is 38.8 Å². The van der Waals surface area contributed by atoms with Crippen LogP contribution in [-0.2, 0) is 0 Å². The molecule has 0 saturated carbocycles. The van der Waals surface area contributed by atoms with Crippen molar-refractivity contribution in [1.29, 1.82) is 0 Å². The number of amides is 2. The third kappa shape index (κ3) is 5.38. The highest BCUT2D eigenvalue weighted by Crippen LogP contribution is 2.20. The zero-order valence-corrected chi connectivity index (χ0v) is 17.1. The largest absolute Gasteiger partial charge is 0.339 e. The van der Waals surface area contributed by atoms with Crippen LogP contribution in [0, 0.1) is 10.1 Å². The van der Waals surface area contributed by atoms with Gasteiger partial charge in [-0.15, -0.1) is 0 Å². The third-order valence-corrected chi connectivity index (χ3v) is 5.07. The minimum absolute atomic E-state index is 0.0365. The smallest absolute Gasteiger partial charge is 0.269 e. The quantitative estimate of drug-likeness (QED) is 0.438. The number of nitro groups is 1. The van der Waals surface area contributed by atoms with E-state index >= 15 is 0 Å². The number of carbonyl (C=O) groups is 2. The number of anilines is 1. The summed E-state index contributed by atoms with van der Waals surface area (Å²) < 4.78 is 0. The van der Waals surface area contributed by atoms with Crippen LogP contribution in [0.4, 0.5) is 11.4 Å². The number of likely N-dealkylation sites (tertiary alicyclic amines) is 1. The van der Waals surface area contributed by atoms with Gasteiger partial charge in [-0.05, 0) is 49.3 Å². The minimum Gasteiger partial charge on any atom is -0.339 e. The molecule has 1 fully saturated rings. The van der Waals surface area contributed by atoms with Gasteiger partial charge in [0.1, 0.15) is 0 Å². The summed E-state index contributed by atoms with van der Waals surface area (Å²) in [5.41, 5.74) is 1.14. The van der Waals surface area contributed by atoms with Gasteiger partial charge in [0.2, 0.25) is 0 Å². The van der Waals surface area contributed by atoms with Gasteiger partial charge < -0.3 is 10.2 Å². The van der Waals surface area contributed by atoms with E-state index in [-0.39, 0.29) is 22.3 Å². The van der Waals surface area contributed by atoms with E-state index in [0.29, 0.717) is 11.3 Å². The van der Waals surface area contributed by atoms with E-state index in [1.807, 2.05) is 4.90 Å². The first-order valence-electron chi connectivity index (χ1n) is 9.71. The summed E-state index contributed by atoms with van der Waals surface area (Å²) >= 11 is 5.23. The van der Waals surface area contributed by atoms with Crippen LogP contribution in [0.3, 0.4) is 0 Å². The average molecular weight is 426 g/mol. The standard InChI is InChI=1S/C21H22N4O4S/c26-19(15-9-11-16(12-10-15)25(28)29)23-21(30)22-18-8-4-3-7-17(18)20(27)24-13-5-1-2-6-14-24/h3-4,7-12H,1-2,5-6,13-14H2,(H2,22,23,26,30). The number of thiocarbonyl (C=S) groups is 1. The van der Waals surface area contributed by atoms with Crippen molar-refractivity contribution in [3.05, 3.63) is 69.8 Å². The van der Waals surface area contributed by atoms with Gasteiger partial charge in [-0.2, -0.15) is 0 Å². The van der Waals surface area contributed by atoms with Gasteiger partial charge in [-0.25, -0.2) is 0 Å². The molecule has 2 N–H and O–H groups in total. The van der Waals surface area contributed by atoms with Crippen molar-refractivity contribution in [3.63, 3.8) is 0 Å². The Bertz CT molecular complexity index is 954. The Balaban J connectivity index is 1.67. The van der Waals surface area contributed by atoms with Crippen molar-refractivity contribution in [2.24, 2.45) is 0 Å². The maximum absolute atomic E-state index is 13.0. The molecular formula is C21H22N4O4S. The van der Waals surface area contributed by atoms with Crippen molar-refractivity contribution in [1.82, 2.24) is 10.2 Å². The van der Waals surface area contributed by atoms with Crippen molar-refractivity contribution in [3.8, 4) is 0 Å². The fourth-order valence-electron chi connectivity index (χ4n) is 3.29. The molecule has 0 bridgehead atoms. The molecule has 1 heterocycles. The number of benzene rings is 2. The number of para-hydroxylation sites is 1. The first-order chi connectivity index (χ1) is 14.5. The highest BCUT2D eigenvalue weighted by Gasteiger charge is 2.20. The van der Waals surface area contributed by atoms with Gasteiger partial charge >= 0.3 is 0 Å². The molecule has 2 aromatic rings. The molecule has 0 atom stereocenters. The van der Waals surface area contributed by atoms with Crippen LogP contribution in [0.1, 0.15) is 46.4 Å². The van der Waals surface area contributed by atoms with Gasteiger partial charge in [0, 0.05) is 30.8 Å². The molecule has 1 saturated heterocycles. The lowest BCUT2D eigenvalue weighted by Crippen LogP contribution is -2.36. The van der Waals surface area contributed by atoms with Crippen molar-refractivity contribution < 1.29 is 14.5 Å². The SMILES string of the molecule is O=C(NC(=S)Nc1ccccc1C(=O)N1CCCCCC1)c1ccc([N+](=O)[O-])cc1. The van der Waals surface area contributed by atoms with Crippen LogP contribution in [0.15, 0.2) is 48.5 Å². The molecule has 0 radical (unpaired) electrons. The lowest BCUT2D eigenvalue weighted by atomic mass is 10.1. The monoisotopic (exact) mass is 426 g/mol. The fourth-order valence-corrected chi connectivity index (χ4v) is 3.49. The molecule has 1 aliphatic heterocycles. The number of carbonyl (C=O) groups excluding carboxylic acids is 2. The Morgan fingerprint density at radius 2 is 1.60 bits per heavy atom. The number of nitrogens with one attached hydrogen (secondary N) is 2. The van der Waals surface area contributed by atoms with Crippen LogP contribution in [-0.4, -0.2) is 39.8 Å². The maximum Gasteiger partial charge on any atom is 0.269 e. The predicted octanol–water partition coefficient (Wildman–Crippen LogP) is 3.74. The van der Waals surface area contributed by atoms with Gasteiger partial charge in [-0.3, -0.25) is 25.0 Å². The number of rotatable bonds is 4. The van der Waals surface area contributed by atoms with Crippen molar-refractivity contribution in [2.45, 2.75) is 25.7 Å². The molecule has 2 aromatic carbocycles. The lowest BCUT2D eigenvalue weighted by molar-refractivity contribution is -0.384. The summed E-state index contributed by atoms with van der Waals surface area (Å²) in [6.45, 7) is 1.46. The number of hydrogen-bond donors (Lipinski definition) is 2. The van der Waals surface area contributed by atoms with Crippen molar-refractivity contribution >= 4 is 40.5 Å². The number of nitro benzene ring substituents is 1. The number of nitrogens with zero attached hydrogens (tertiary/aromatic N) is 2. The molecular weight excluding hydrogens is 404 g/mol. The first kappa shape index (κ1) is 21.4. The van der Waals surface area contributed by atoms with Gasteiger partial charge in [-0.1, -0.05) is 25.0 Å². The summed E-state index contributed by atoms with van der Waals surface area (Å²) in [6, 6.07) is 12.2. The zero-order valence-electron chi connectivity index (χ0n) is 16.3. The Morgan fingerprint density at radius 3 is 2.23 bits per heavy atom. The van der Waals surface area contributed by atoms with Crippen molar-refractivity contribution in [2.75, 3.05) is 18.4 Å². The summed E-state index contributed by atoms with van der Waals surface area (Å²) in [5, 5.41) is 16.2. The van der Waals surface area contributed by atoms with E-state index in [4.69, 9.17) is 12.2 Å². The second-order valence-corrected chi connectivity index (χ2v) is 7.37. The molecule has 156 valence electrons. The molecule has 0 unspecified atom stereocenters. The summed E-state index contributed by atoms with van der Waals surface area (Å²) in [5.74, 6) is -0.566. The molecule has 1 aliphatic rings. The highest BCUT2D eigenvalue weighted by atomic mass is 32.1. The molecule has 3 rings (SSSR count). The molecule has 0 aliphatic carbocycles. The number of non-ortho nitro benzene ring substituents is 1. The third-order valence-electron chi connectivity index (χ3n) is 4.87. The van der Waals surface area contributed by atoms with Crippen LogP contribution in [0.5, 0.6) is 0 Å². The van der Waals surface area contributed by atoms with Gasteiger partial charge in [0.25, 0.3) is 17.5 Å². The molecule has 30 heavy (non-hydrogen) atoms. The number of hydrogen-bond acceptors (Lipinski definition) is 5. The lowest BCUT2D eigenvalue weighted by Gasteiger charge is -2.22. The normalized spacial score (nSPS) is 13.8. The second-order valence-electron chi connectivity index (χ2n) is 6.96. The summed E-state index contributed by atoms with van der Waals surface area (Å²) in [6.07, 6.45) is 4.24. The zero-order chi connectivity index (χ0) is 21.5. The van der Waals surface area contributed by atoms with Gasteiger partial charge in [0.05, 0.1) is 16.2 Å². The topological polar surface area (TPSA) is 105 Å². The average Bonchev–Trinajstić information content (AvgIpc) is 3.03. The minimum atomic E-state index is -0.536. The van der Waals surface area contributed by atoms with E-state index < -0.39 is 10.8 Å². The summed E-state index contributed by atoms with van der Waals surface area (Å²) in [4.78, 5) is 37.4. The molecule has 8 nitrogen and oxygen atoms in total. The molecule has 9 heteroatoms. The Hall–Kier alpha value is -3.33. The van der Waals surface area contributed by atoms with Crippen LogP contribution < -0.4 is 10.6 Å². The van der Waals surface area contributed by atoms with E-state index in [1.54, 1.807) is 24.3 Å². The Labute approximate surface area is 179 Å². The first-order valence-corrected chi connectivity index (χ1v) is 10.1. The molecule has 0 spiro atoms. The fraction of sp³-hybridized carbons (Fsp3) is 0.286. The van der Waals surface area contributed by atoms with Gasteiger partial charge in [0.15, 0.2) is 5.11 Å². The maximum atomic E-state index is 13.0. The summed E-state index contributed by atoms with van der Waals surface area (Å²) in [7, 11) is 0. The highest BCUT2D eigenvalue weighted by molar-refractivity contribution is 7.80. The van der Waals surface area contributed by atoms with Crippen LogP contribution in [0.2, 0.25) is 0 Å². The van der Waals surface area contributed by atoms with E-state index in [1.165, 1.54) is 24.3 Å². The Kier molecular flexibility index (Phi) is 7.08. The molecule has 2 amide bonds. The Morgan fingerprint density at radius 1 is 0.967 bits per heavy atom. The molecule has 0 aromatic heterocycles. The van der Waals surface area contributed by atoms with E-state index in [2.05, 4.69) is 10.6 Å².